The fourth-order valence-electron chi connectivity index (χ4n) is 3.47. The number of benzene rings is 1. The first-order chi connectivity index (χ1) is 13.6. The summed E-state index contributed by atoms with van der Waals surface area (Å²) in [5.41, 5.74) is 0.324. The molecule has 1 aromatic carbocycles. The molecule has 0 N–H and O–H groups in total. The molecule has 0 saturated heterocycles. The first-order valence-corrected chi connectivity index (χ1v) is 10.8. The van der Waals surface area contributed by atoms with Gasteiger partial charge in [-0.25, -0.2) is 9.78 Å². The van der Waals surface area contributed by atoms with Crippen LogP contribution in [0.1, 0.15) is 51.2 Å². The Balaban J connectivity index is 2.40. The highest BCUT2D eigenvalue weighted by Crippen LogP contribution is 2.37. The highest BCUT2D eigenvalue weighted by atomic mass is 35.5. The number of aromatic nitrogens is 2. The van der Waals surface area contributed by atoms with Gasteiger partial charge in [-0.05, 0) is 45.4 Å². The monoisotopic (exact) mass is 432 g/mol. The summed E-state index contributed by atoms with van der Waals surface area (Å²) in [6.07, 6.45) is 0. The van der Waals surface area contributed by atoms with Gasteiger partial charge in [-0.15, -0.1) is 11.3 Å². The van der Waals surface area contributed by atoms with Gasteiger partial charge in [0, 0.05) is 21.4 Å². The van der Waals surface area contributed by atoms with Gasteiger partial charge in [0.25, 0.3) is 5.56 Å². The number of halogens is 1. The summed E-state index contributed by atoms with van der Waals surface area (Å²) in [6, 6.07) is 7.40. The van der Waals surface area contributed by atoms with Crippen molar-refractivity contribution in [3.05, 3.63) is 50.3 Å². The van der Waals surface area contributed by atoms with Crippen molar-refractivity contribution in [1.82, 2.24) is 9.55 Å². The highest BCUT2D eigenvalue weighted by molar-refractivity contribution is 7.19. The SMILES string of the molecule is CCOC(=O)C(C)(C)n1c(C(C)C)nc2sc(C)c(-c3ccc(Cl)cc3)c2c1=O. The Bertz CT molecular complexity index is 1130. The minimum absolute atomic E-state index is 0.0396. The van der Waals surface area contributed by atoms with E-state index in [-0.39, 0.29) is 18.1 Å². The van der Waals surface area contributed by atoms with E-state index in [2.05, 4.69) is 0 Å². The molecule has 0 bridgehead atoms. The fraction of sp³-hybridized carbons (Fsp3) is 0.409. The van der Waals surface area contributed by atoms with Gasteiger partial charge in [-0.2, -0.15) is 0 Å². The third-order valence-corrected chi connectivity index (χ3v) is 6.16. The van der Waals surface area contributed by atoms with Crippen LogP contribution in [-0.4, -0.2) is 22.1 Å². The third kappa shape index (κ3) is 3.71. The number of nitrogens with zero attached hydrogens (tertiary/aromatic N) is 2. The van der Waals surface area contributed by atoms with E-state index < -0.39 is 11.5 Å². The van der Waals surface area contributed by atoms with Crippen molar-refractivity contribution in [3.63, 3.8) is 0 Å². The first-order valence-electron chi connectivity index (χ1n) is 9.59. The van der Waals surface area contributed by atoms with E-state index >= 15 is 0 Å². The van der Waals surface area contributed by atoms with E-state index in [4.69, 9.17) is 21.3 Å². The number of hydrogen-bond donors (Lipinski definition) is 0. The Hall–Kier alpha value is -2.18. The average molecular weight is 433 g/mol. The number of carbonyl (C=O) groups excluding carboxylic acids is 1. The summed E-state index contributed by atoms with van der Waals surface area (Å²) in [7, 11) is 0. The lowest BCUT2D eigenvalue weighted by molar-refractivity contribution is -0.152. The second-order valence-electron chi connectivity index (χ2n) is 7.77. The molecule has 5 nitrogen and oxygen atoms in total. The molecule has 0 aliphatic rings. The Morgan fingerprint density at radius 1 is 1.28 bits per heavy atom. The quantitative estimate of drug-likeness (QED) is 0.499. The summed E-state index contributed by atoms with van der Waals surface area (Å²) in [4.78, 5) is 33.0. The van der Waals surface area contributed by atoms with Crippen LogP contribution in [0.25, 0.3) is 21.3 Å². The lowest BCUT2D eigenvalue weighted by Crippen LogP contribution is -2.46. The molecule has 0 aliphatic carbocycles. The molecule has 29 heavy (non-hydrogen) atoms. The highest BCUT2D eigenvalue weighted by Gasteiger charge is 2.36. The van der Waals surface area contributed by atoms with E-state index in [1.807, 2.05) is 32.9 Å². The maximum Gasteiger partial charge on any atom is 0.331 e. The van der Waals surface area contributed by atoms with Crippen LogP contribution in [0.15, 0.2) is 29.1 Å². The molecule has 3 rings (SSSR count). The number of carbonyl (C=O) groups is 1. The zero-order valence-electron chi connectivity index (χ0n) is 17.5. The first kappa shape index (κ1) is 21.5. The summed E-state index contributed by atoms with van der Waals surface area (Å²) >= 11 is 7.53. The standard InChI is InChI=1S/C22H25ClN2O3S/c1-7-28-21(27)22(5,6)25-18(12(2)3)24-19-17(20(25)26)16(13(4)29-19)14-8-10-15(23)11-9-14/h8-12H,7H2,1-6H3. The van der Waals surface area contributed by atoms with Gasteiger partial charge in [0.2, 0.25) is 0 Å². The number of ether oxygens (including phenoxy) is 1. The molecule has 154 valence electrons. The molecule has 0 aliphatic heterocycles. The minimum atomic E-state index is -1.18. The lowest BCUT2D eigenvalue weighted by Gasteiger charge is -2.28. The zero-order chi connectivity index (χ0) is 21.5. The Kier molecular flexibility index (Phi) is 5.88. The van der Waals surface area contributed by atoms with E-state index in [9.17, 15) is 9.59 Å². The summed E-state index contributed by atoms with van der Waals surface area (Å²) in [5.74, 6) is 0.0804. The van der Waals surface area contributed by atoms with Crippen LogP contribution < -0.4 is 5.56 Å². The van der Waals surface area contributed by atoms with Gasteiger partial charge >= 0.3 is 5.97 Å². The number of fused-ring (bicyclic) bond motifs is 1. The second-order valence-corrected chi connectivity index (χ2v) is 9.40. The molecule has 0 spiro atoms. The predicted molar refractivity (Wildman–Crippen MR) is 119 cm³/mol. The Morgan fingerprint density at radius 2 is 1.90 bits per heavy atom. The summed E-state index contributed by atoms with van der Waals surface area (Å²) in [5, 5.41) is 1.16. The van der Waals surface area contributed by atoms with Crippen LogP contribution in [0.3, 0.4) is 0 Å². The molecule has 2 heterocycles. The topological polar surface area (TPSA) is 61.2 Å². The van der Waals surface area contributed by atoms with Crippen molar-refractivity contribution in [2.75, 3.05) is 6.61 Å². The van der Waals surface area contributed by atoms with Crippen molar-refractivity contribution in [2.24, 2.45) is 0 Å². The van der Waals surface area contributed by atoms with Gasteiger partial charge in [-0.3, -0.25) is 9.36 Å². The van der Waals surface area contributed by atoms with Crippen molar-refractivity contribution in [2.45, 2.75) is 53.0 Å². The maximum atomic E-state index is 13.8. The van der Waals surface area contributed by atoms with Crippen LogP contribution in [0.4, 0.5) is 0 Å². The number of hydrogen-bond acceptors (Lipinski definition) is 5. The molecule has 0 fully saturated rings. The molecule has 0 radical (unpaired) electrons. The molecule has 0 saturated carbocycles. The second kappa shape index (κ2) is 7.92. The molecule has 0 atom stereocenters. The number of rotatable bonds is 5. The van der Waals surface area contributed by atoms with E-state index in [0.29, 0.717) is 21.1 Å². The third-order valence-electron chi connectivity index (χ3n) is 4.91. The Morgan fingerprint density at radius 3 is 2.45 bits per heavy atom. The van der Waals surface area contributed by atoms with Crippen molar-refractivity contribution >= 4 is 39.1 Å². The van der Waals surface area contributed by atoms with E-state index in [1.165, 1.54) is 15.9 Å². The van der Waals surface area contributed by atoms with Crippen LogP contribution in [0, 0.1) is 6.92 Å². The minimum Gasteiger partial charge on any atom is -0.464 e. The van der Waals surface area contributed by atoms with Gasteiger partial charge in [-0.1, -0.05) is 37.6 Å². The Labute approximate surface area is 179 Å². The van der Waals surface area contributed by atoms with E-state index in [0.717, 1.165) is 16.0 Å². The number of aryl methyl sites for hydroxylation is 1. The van der Waals surface area contributed by atoms with Crippen molar-refractivity contribution in [3.8, 4) is 11.1 Å². The van der Waals surface area contributed by atoms with E-state index in [1.54, 1.807) is 32.9 Å². The van der Waals surface area contributed by atoms with Gasteiger partial charge < -0.3 is 4.74 Å². The lowest BCUT2D eigenvalue weighted by atomic mass is 10.0. The molecule has 2 aromatic heterocycles. The largest absolute Gasteiger partial charge is 0.464 e. The normalized spacial score (nSPS) is 12.0. The molecular weight excluding hydrogens is 408 g/mol. The van der Waals surface area contributed by atoms with Crippen LogP contribution in [0.2, 0.25) is 5.02 Å². The van der Waals surface area contributed by atoms with Crippen molar-refractivity contribution in [1.29, 1.82) is 0 Å². The smallest absolute Gasteiger partial charge is 0.331 e. The molecule has 0 amide bonds. The van der Waals surface area contributed by atoms with Crippen LogP contribution in [0.5, 0.6) is 0 Å². The van der Waals surface area contributed by atoms with Gasteiger partial charge in [0.1, 0.15) is 16.2 Å². The maximum absolute atomic E-state index is 13.8. The fourth-order valence-corrected chi connectivity index (χ4v) is 4.64. The van der Waals surface area contributed by atoms with Crippen LogP contribution in [-0.2, 0) is 15.1 Å². The average Bonchev–Trinajstić information content (AvgIpc) is 2.98. The predicted octanol–water partition coefficient (Wildman–Crippen LogP) is 5.51. The molecular formula is C22H25ClN2O3S. The number of thiophene rings is 1. The summed E-state index contributed by atoms with van der Waals surface area (Å²) in [6.45, 7) is 11.3. The number of esters is 1. The summed E-state index contributed by atoms with van der Waals surface area (Å²) < 4.78 is 6.76. The molecule has 3 aromatic rings. The molecule has 7 heteroatoms. The zero-order valence-corrected chi connectivity index (χ0v) is 19.1. The van der Waals surface area contributed by atoms with Gasteiger partial charge in [0.05, 0.1) is 12.0 Å². The van der Waals surface area contributed by atoms with Crippen LogP contribution >= 0.6 is 22.9 Å². The molecule has 0 unspecified atom stereocenters. The van der Waals surface area contributed by atoms with Gasteiger partial charge in [0.15, 0.2) is 0 Å². The van der Waals surface area contributed by atoms with Crippen molar-refractivity contribution < 1.29 is 9.53 Å².